The third kappa shape index (κ3) is 4.82. The molecule has 1 saturated heterocycles. The van der Waals surface area contributed by atoms with Crippen LogP contribution < -0.4 is 9.47 Å². The van der Waals surface area contributed by atoms with Crippen LogP contribution in [0.15, 0.2) is 60.7 Å². The molecule has 2 aromatic carbocycles. The number of para-hydroxylation sites is 2. The van der Waals surface area contributed by atoms with Gasteiger partial charge in [0.05, 0.1) is 18.5 Å². The summed E-state index contributed by atoms with van der Waals surface area (Å²) in [7, 11) is 1.63. The maximum absolute atomic E-state index is 12.6. The molecule has 1 N–H and O–H groups in total. The van der Waals surface area contributed by atoms with Gasteiger partial charge in [-0.15, -0.1) is 0 Å². The number of aryl methyl sites for hydroxylation is 1. The Balaban J connectivity index is 1.28. The second-order valence-electron chi connectivity index (χ2n) is 7.57. The van der Waals surface area contributed by atoms with Crippen molar-refractivity contribution in [3.63, 3.8) is 0 Å². The van der Waals surface area contributed by atoms with Gasteiger partial charge in [0.1, 0.15) is 6.61 Å². The van der Waals surface area contributed by atoms with Gasteiger partial charge in [-0.05, 0) is 36.6 Å². The van der Waals surface area contributed by atoms with Gasteiger partial charge in [0.15, 0.2) is 11.5 Å². The Labute approximate surface area is 176 Å². The minimum Gasteiger partial charge on any atom is -0.493 e. The van der Waals surface area contributed by atoms with Crippen molar-refractivity contribution in [2.75, 3.05) is 20.2 Å². The van der Waals surface area contributed by atoms with Crippen molar-refractivity contribution in [2.24, 2.45) is 0 Å². The molecule has 1 aromatic heterocycles. The Hall–Kier alpha value is -3.28. The van der Waals surface area contributed by atoms with E-state index in [2.05, 4.69) is 22.3 Å². The molecule has 4 rings (SSSR count). The number of aromatic amines is 1. The summed E-state index contributed by atoms with van der Waals surface area (Å²) in [5, 5.41) is 7.53. The summed E-state index contributed by atoms with van der Waals surface area (Å²) in [5.41, 5.74) is 3.10. The van der Waals surface area contributed by atoms with Gasteiger partial charge in [-0.1, -0.05) is 42.5 Å². The van der Waals surface area contributed by atoms with Crippen molar-refractivity contribution >= 4 is 5.91 Å². The van der Waals surface area contributed by atoms with E-state index in [1.54, 1.807) is 7.11 Å². The lowest BCUT2D eigenvalue weighted by Gasteiger charge is -2.16. The molecule has 0 spiro atoms. The van der Waals surface area contributed by atoms with Crippen molar-refractivity contribution in [2.45, 2.75) is 31.8 Å². The van der Waals surface area contributed by atoms with E-state index in [9.17, 15) is 4.79 Å². The number of nitrogens with one attached hydrogen (secondary N) is 1. The summed E-state index contributed by atoms with van der Waals surface area (Å²) in [6.07, 6.45) is 2.28. The Morgan fingerprint density at radius 3 is 2.70 bits per heavy atom. The van der Waals surface area contributed by atoms with Crippen LogP contribution in [0, 0.1) is 0 Å². The number of hydrogen-bond donors (Lipinski definition) is 1. The molecule has 1 atom stereocenters. The molecule has 156 valence electrons. The zero-order valence-electron chi connectivity index (χ0n) is 17.2. The first-order valence-corrected chi connectivity index (χ1v) is 10.3. The van der Waals surface area contributed by atoms with Crippen LogP contribution >= 0.6 is 0 Å². The van der Waals surface area contributed by atoms with E-state index >= 15 is 0 Å². The highest BCUT2D eigenvalue weighted by Crippen LogP contribution is 2.29. The summed E-state index contributed by atoms with van der Waals surface area (Å²) >= 11 is 0. The van der Waals surface area contributed by atoms with E-state index < -0.39 is 0 Å². The average Bonchev–Trinajstić information content (AvgIpc) is 3.47. The van der Waals surface area contributed by atoms with Crippen LogP contribution in [0.2, 0.25) is 0 Å². The number of carbonyl (C=O) groups is 1. The molecule has 1 aliphatic rings. The number of benzene rings is 2. The van der Waals surface area contributed by atoms with Crippen LogP contribution in [0.25, 0.3) is 0 Å². The fraction of sp³-hybridized carbons (Fsp3) is 0.333. The molecule has 1 fully saturated rings. The number of methoxy groups -OCH3 is 1. The van der Waals surface area contributed by atoms with Crippen LogP contribution in [0.5, 0.6) is 11.5 Å². The number of H-pyrrole nitrogens is 1. The van der Waals surface area contributed by atoms with Crippen molar-refractivity contribution in [3.8, 4) is 11.5 Å². The second-order valence-corrected chi connectivity index (χ2v) is 7.57. The first-order valence-electron chi connectivity index (χ1n) is 10.3. The molecule has 6 nitrogen and oxygen atoms in total. The van der Waals surface area contributed by atoms with Gasteiger partial charge in [0.2, 0.25) is 5.91 Å². The molecule has 6 heteroatoms. The van der Waals surface area contributed by atoms with E-state index in [0.717, 1.165) is 37.3 Å². The minimum absolute atomic E-state index is 0.219. The molecule has 0 radical (unpaired) electrons. The minimum atomic E-state index is 0.219. The lowest BCUT2D eigenvalue weighted by molar-refractivity contribution is -0.130. The van der Waals surface area contributed by atoms with E-state index in [-0.39, 0.29) is 11.8 Å². The summed E-state index contributed by atoms with van der Waals surface area (Å²) in [6.45, 7) is 1.91. The van der Waals surface area contributed by atoms with E-state index in [1.807, 2.05) is 53.4 Å². The smallest absolute Gasteiger partial charge is 0.222 e. The molecule has 2 heterocycles. The van der Waals surface area contributed by atoms with Crippen molar-refractivity contribution < 1.29 is 14.3 Å². The predicted octanol–water partition coefficient (Wildman–Crippen LogP) is 3.95. The fourth-order valence-electron chi connectivity index (χ4n) is 3.84. The third-order valence-electron chi connectivity index (χ3n) is 5.53. The number of rotatable bonds is 8. The highest BCUT2D eigenvalue weighted by molar-refractivity contribution is 5.76. The molecule has 0 aliphatic carbocycles. The predicted molar refractivity (Wildman–Crippen MR) is 115 cm³/mol. The largest absolute Gasteiger partial charge is 0.493 e. The highest BCUT2D eigenvalue weighted by atomic mass is 16.5. The molecule has 3 aromatic rings. The number of likely N-dealkylation sites (tertiary alicyclic amines) is 1. The van der Waals surface area contributed by atoms with E-state index in [1.165, 1.54) is 5.56 Å². The van der Waals surface area contributed by atoms with Crippen molar-refractivity contribution in [1.29, 1.82) is 0 Å². The molecule has 0 bridgehead atoms. The van der Waals surface area contributed by atoms with Crippen LogP contribution in [-0.4, -0.2) is 41.2 Å². The topological polar surface area (TPSA) is 67.5 Å². The van der Waals surface area contributed by atoms with Crippen molar-refractivity contribution in [1.82, 2.24) is 15.1 Å². The first kappa shape index (κ1) is 20.0. The third-order valence-corrected chi connectivity index (χ3v) is 5.53. The summed E-state index contributed by atoms with van der Waals surface area (Å²) in [5.74, 6) is 1.89. The van der Waals surface area contributed by atoms with E-state index in [4.69, 9.17) is 9.47 Å². The van der Waals surface area contributed by atoms with Crippen molar-refractivity contribution in [3.05, 3.63) is 77.6 Å². The van der Waals surface area contributed by atoms with Crippen LogP contribution in [-0.2, 0) is 17.8 Å². The summed E-state index contributed by atoms with van der Waals surface area (Å²) < 4.78 is 11.2. The molecule has 0 unspecified atom stereocenters. The lowest BCUT2D eigenvalue weighted by atomic mass is 10.1. The van der Waals surface area contributed by atoms with Gasteiger partial charge < -0.3 is 14.4 Å². The normalized spacial score (nSPS) is 15.9. The Morgan fingerprint density at radius 2 is 1.90 bits per heavy atom. The van der Waals surface area contributed by atoms with Crippen LogP contribution in [0.1, 0.15) is 35.7 Å². The monoisotopic (exact) mass is 405 g/mol. The van der Waals surface area contributed by atoms with Crippen LogP contribution in [0.4, 0.5) is 0 Å². The molecule has 30 heavy (non-hydrogen) atoms. The number of hydrogen-bond acceptors (Lipinski definition) is 4. The molecule has 0 saturated carbocycles. The van der Waals surface area contributed by atoms with Gasteiger partial charge in [0, 0.05) is 25.4 Å². The van der Waals surface area contributed by atoms with Crippen LogP contribution in [0.3, 0.4) is 0 Å². The second kappa shape index (κ2) is 9.48. The number of aromatic nitrogens is 2. The summed E-state index contributed by atoms with van der Waals surface area (Å²) in [6, 6.07) is 19.8. The van der Waals surface area contributed by atoms with E-state index in [0.29, 0.717) is 24.5 Å². The molecule has 1 amide bonds. The fourth-order valence-corrected chi connectivity index (χ4v) is 3.84. The molecular formula is C24H27N3O3. The maximum atomic E-state index is 12.6. The molecular weight excluding hydrogens is 378 g/mol. The van der Waals surface area contributed by atoms with Gasteiger partial charge in [0.25, 0.3) is 0 Å². The number of carbonyl (C=O) groups excluding carboxylic acids is 1. The first-order chi connectivity index (χ1) is 14.7. The van der Waals surface area contributed by atoms with Gasteiger partial charge >= 0.3 is 0 Å². The standard InChI is InChI=1S/C24H27N3O3/c1-29-22-9-5-6-10-23(22)30-17-20-15-21(26-25-20)19-13-14-27(16-19)24(28)12-11-18-7-3-2-4-8-18/h2-10,15,19H,11-14,16-17H2,1H3,(H,25,26)/t19-/m0/s1. The molecule has 1 aliphatic heterocycles. The lowest BCUT2D eigenvalue weighted by Crippen LogP contribution is -2.28. The number of amides is 1. The zero-order chi connectivity index (χ0) is 20.8. The van der Waals surface area contributed by atoms with Gasteiger partial charge in [-0.25, -0.2) is 0 Å². The number of nitrogens with zero attached hydrogens (tertiary/aromatic N) is 2. The Bertz CT molecular complexity index is 971. The summed E-state index contributed by atoms with van der Waals surface area (Å²) in [4.78, 5) is 14.6. The number of ether oxygens (including phenoxy) is 2. The highest BCUT2D eigenvalue weighted by Gasteiger charge is 2.28. The SMILES string of the molecule is COc1ccccc1OCc1cc([C@H]2CCN(C(=O)CCc3ccccc3)C2)n[nH]1. The van der Waals surface area contributed by atoms with Gasteiger partial charge in [-0.3, -0.25) is 9.89 Å². The van der Waals surface area contributed by atoms with Gasteiger partial charge in [-0.2, -0.15) is 5.10 Å². The Morgan fingerprint density at radius 1 is 1.13 bits per heavy atom. The maximum Gasteiger partial charge on any atom is 0.222 e. The Kier molecular flexibility index (Phi) is 6.32. The zero-order valence-corrected chi connectivity index (χ0v) is 17.2. The quantitative estimate of drug-likeness (QED) is 0.616. The average molecular weight is 405 g/mol.